The van der Waals surface area contributed by atoms with E-state index in [0.29, 0.717) is 29.1 Å². The Morgan fingerprint density at radius 2 is 2.11 bits per heavy atom. The van der Waals surface area contributed by atoms with Crippen LogP contribution in [0.1, 0.15) is 22.6 Å². The molecule has 0 unspecified atom stereocenters. The molecule has 2 N–H and O–H groups in total. The number of nitriles is 1. The lowest BCUT2D eigenvalue weighted by Gasteiger charge is -2.26. The molecule has 0 radical (unpaired) electrons. The normalized spacial score (nSPS) is 14.3. The van der Waals surface area contributed by atoms with Gasteiger partial charge in [0.05, 0.1) is 23.3 Å². The number of nitrogens with zero attached hydrogens (tertiary/aromatic N) is 7. The van der Waals surface area contributed by atoms with E-state index in [1.54, 1.807) is 10.6 Å². The Bertz CT molecular complexity index is 1220. The molecule has 0 fully saturated rings. The summed E-state index contributed by atoms with van der Waals surface area (Å²) in [5.74, 6) is 0.905. The molecule has 8 nitrogen and oxygen atoms in total. The molecular weight excluding hydrogens is 340 g/mol. The zero-order valence-corrected chi connectivity index (χ0v) is 14.5. The van der Waals surface area contributed by atoms with E-state index in [-0.39, 0.29) is 5.95 Å². The smallest absolute Gasteiger partial charge is 0.223 e. The van der Waals surface area contributed by atoms with E-state index in [2.05, 4.69) is 37.1 Å². The molecule has 27 heavy (non-hydrogen) atoms. The molecule has 0 atom stereocenters. The molecular formula is C19H16N8. The Morgan fingerprint density at radius 3 is 3.00 bits per heavy atom. The van der Waals surface area contributed by atoms with Crippen LogP contribution < -0.4 is 5.73 Å². The van der Waals surface area contributed by atoms with Gasteiger partial charge < -0.3 is 5.73 Å². The predicted molar refractivity (Wildman–Crippen MR) is 99.5 cm³/mol. The lowest BCUT2D eigenvalue weighted by molar-refractivity contribution is 0.236. The average Bonchev–Trinajstić information content (AvgIpc) is 3.12. The van der Waals surface area contributed by atoms with Crippen molar-refractivity contribution in [1.29, 1.82) is 5.26 Å². The predicted octanol–water partition coefficient (Wildman–Crippen LogP) is 1.68. The Hall–Kier alpha value is -3.57. The second-order valence-corrected chi connectivity index (χ2v) is 6.62. The van der Waals surface area contributed by atoms with E-state index >= 15 is 0 Å². The van der Waals surface area contributed by atoms with Crippen LogP contribution in [-0.2, 0) is 19.5 Å². The SMILES string of the molecule is N#Cc1cccc2c1nc(N)n1nc(CN3CCc4cccnc4C3)nc21. The maximum absolute atomic E-state index is 9.31. The van der Waals surface area contributed by atoms with Crippen LogP contribution >= 0.6 is 0 Å². The molecule has 1 aromatic carbocycles. The third-order valence-corrected chi connectivity index (χ3v) is 4.91. The van der Waals surface area contributed by atoms with Crippen molar-refractivity contribution in [3.8, 4) is 6.07 Å². The number of pyridine rings is 1. The summed E-state index contributed by atoms with van der Waals surface area (Å²) in [6, 6.07) is 11.7. The number of nitrogen functional groups attached to an aromatic ring is 1. The molecule has 0 saturated heterocycles. The number of nitrogens with two attached hydrogens (primary N) is 1. The van der Waals surface area contributed by atoms with Crippen LogP contribution in [0, 0.1) is 11.3 Å². The summed E-state index contributed by atoms with van der Waals surface area (Å²) in [6.07, 6.45) is 2.80. The summed E-state index contributed by atoms with van der Waals surface area (Å²) in [5, 5.41) is 14.6. The topological polar surface area (TPSA) is 109 Å². The van der Waals surface area contributed by atoms with E-state index in [4.69, 9.17) is 5.73 Å². The molecule has 0 saturated carbocycles. The summed E-state index contributed by atoms with van der Waals surface area (Å²) in [6.45, 7) is 2.32. The summed E-state index contributed by atoms with van der Waals surface area (Å²) in [4.78, 5) is 15.8. The summed E-state index contributed by atoms with van der Waals surface area (Å²) < 4.78 is 1.55. The molecule has 0 bridgehead atoms. The summed E-state index contributed by atoms with van der Waals surface area (Å²) >= 11 is 0. The van der Waals surface area contributed by atoms with Gasteiger partial charge >= 0.3 is 0 Å². The van der Waals surface area contributed by atoms with Gasteiger partial charge in [-0.15, -0.1) is 5.10 Å². The number of fused-ring (bicyclic) bond motifs is 4. The van der Waals surface area contributed by atoms with E-state index < -0.39 is 0 Å². The highest BCUT2D eigenvalue weighted by Gasteiger charge is 2.20. The Morgan fingerprint density at radius 1 is 1.19 bits per heavy atom. The largest absolute Gasteiger partial charge is 0.368 e. The van der Waals surface area contributed by atoms with Gasteiger partial charge in [-0.2, -0.15) is 9.78 Å². The molecule has 132 valence electrons. The molecule has 3 aromatic heterocycles. The quantitative estimate of drug-likeness (QED) is 0.582. The van der Waals surface area contributed by atoms with Crippen LogP contribution in [0.15, 0.2) is 36.5 Å². The number of anilines is 1. The molecule has 8 heteroatoms. The Labute approximate surface area is 154 Å². The fourth-order valence-electron chi connectivity index (χ4n) is 3.60. The van der Waals surface area contributed by atoms with Crippen molar-refractivity contribution in [3.05, 3.63) is 59.2 Å². The zero-order chi connectivity index (χ0) is 18.4. The maximum atomic E-state index is 9.31. The van der Waals surface area contributed by atoms with Crippen molar-refractivity contribution in [2.24, 2.45) is 0 Å². The molecule has 5 rings (SSSR count). The Balaban J connectivity index is 1.53. The van der Waals surface area contributed by atoms with Crippen LogP contribution in [0.25, 0.3) is 16.6 Å². The van der Waals surface area contributed by atoms with Crippen LogP contribution in [0.2, 0.25) is 0 Å². The van der Waals surface area contributed by atoms with Gasteiger partial charge in [-0.05, 0) is 30.2 Å². The molecule has 1 aliphatic rings. The highest BCUT2D eigenvalue weighted by molar-refractivity contribution is 5.95. The van der Waals surface area contributed by atoms with E-state index in [1.165, 1.54) is 5.56 Å². The van der Waals surface area contributed by atoms with Gasteiger partial charge in [0.25, 0.3) is 0 Å². The summed E-state index contributed by atoms with van der Waals surface area (Å²) in [7, 11) is 0. The van der Waals surface area contributed by atoms with Crippen molar-refractivity contribution in [3.63, 3.8) is 0 Å². The van der Waals surface area contributed by atoms with Crippen molar-refractivity contribution in [2.45, 2.75) is 19.5 Å². The Kier molecular flexibility index (Phi) is 3.48. The monoisotopic (exact) mass is 356 g/mol. The van der Waals surface area contributed by atoms with Crippen molar-refractivity contribution < 1.29 is 0 Å². The number of rotatable bonds is 2. The molecule has 0 amide bonds. The van der Waals surface area contributed by atoms with Gasteiger partial charge in [-0.3, -0.25) is 9.88 Å². The third-order valence-electron chi connectivity index (χ3n) is 4.91. The van der Waals surface area contributed by atoms with Gasteiger partial charge in [0, 0.05) is 24.7 Å². The molecule has 4 heterocycles. The molecule has 0 spiro atoms. The van der Waals surface area contributed by atoms with Gasteiger partial charge in [0.15, 0.2) is 11.5 Å². The first-order valence-corrected chi connectivity index (χ1v) is 8.72. The van der Waals surface area contributed by atoms with Crippen molar-refractivity contribution in [1.82, 2.24) is 29.5 Å². The number of aromatic nitrogens is 5. The van der Waals surface area contributed by atoms with Crippen LogP contribution in [0.4, 0.5) is 5.95 Å². The first-order valence-electron chi connectivity index (χ1n) is 8.72. The highest BCUT2D eigenvalue weighted by Crippen LogP contribution is 2.23. The summed E-state index contributed by atoms with van der Waals surface area (Å²) in [5.41, 5.74) is 10.1. The molecule has 1 aliphatic heterocycles. The number of hydrogen-bond acceptors (Lipinski definition) is 7. The van der Waals surface area contributed by atoms with Gasteiger partial charge in [-0.1, -0.05) is 12.1 Å². The highest BCUT2D eigenvalue weighted by atomic mass is 15.4. The van der Waals surface area contributed by atoms with E-state index in [9.17, 15) is 5.26 Å². The van der Waals surface area contributed by atoms with Gasteiger partial charge in [0.1, 0.15) is 6.07 Å². The fraction of sp³-hybridized carbons (Fsp3) is 0.211. The first kappa shape index (κ1) is 15.7. The minimum atomic E-state index is 0.226. The lowest BCUT2D eigenvalue weighted by atomic mass is 10.1. The minimum absolute atomic E-state index is 0.226. The first-order chi connectivity index (χ1) is 13.2. The number of hydrogen-bond donors (Lipinski definition) is 1. The van der Waals surface area contributed by atoms with Gasteiger partial charge in [-0.25, -0.2) is 9.97 Å². The van der Waals surface area contributed by atoms with Gasteiger partial charge in [0.2, 0.25) is 5.95 Å². The van der Waals surface area contributed by atoms with Crippen LogP contribution in [-0.4, -0.2) is 36.0 Å². The lowest BCUT2D eigenvalue weighted by Crippen LogP contribution is -2.31. The fourth-order valence-corrected chi connectivity index (χ4v) is 3.60. The van der Waals surface area contributed by atoms with E-state index in [1.807, 2.05) is 24.4 Å². The number of benzene rings is 1. The van der Waals surface area contributed by atoms with Crippen molar-refractivity contribution in [2.75, 3.05) is 12.3 Å². The molecule has 4 aromatic rings. The average molecular weight is 356 g/mol. The van der Waals surface area contributed by atoms with Crippen LogP contribution in [0.3, 0.4) is 0 Å². The minimum Gasteiger partial charge on any atom is -0.368 e. The third kappa shape index (κ3) is 2.56. The molecule has 0 aliphatic carbocycles. The second-order valence-electron chi connectivity index (χ2n) is 6.62. The maximum Gasteiger partial charge on any atom is 0.223 e. The standard InChI is InChI=1S/C19H16N8/c20-9-13-3-1-5-14-17(13)24-19(21)27-18(14)23-16(25-27)11-26-8-6-12-4-2-7-22-15(12)10-26/h1-5,7H,6,8,10-11H2,(H2,21,24). The second kappa shape index (κ2) is 6.00. The van der Waals surface area contributed by atoms with Crippen molar-refractivity contribution >= 4 is 22.5 Å². The van der Waals surface area contributed by atoms with Crippen LogP contribution in [0.5, 0.6) is 0 Å². The number of para-hydroxylation sites is 1. The zero-order valence-electron chi connectivity index (χ0n) is 14.5. The van der Waals surface area contributed by atoms with E-state index in [0.717, 1.165) is 30.6 Å².